The van der Waals surface area contributed by atoms with Crippen LogP contribution in [0.15, 0.2) is 42.9 Å². The van der Waals surface area contributed by atoms with Gasteiger partial charge in [-0.3, -0.25) is 0 Å². The number of aryl methyl sites for hydroxylation is 4. The zero-order valence-electron chi connectivity index (χ0n) is 18.1. The molecule has 1 N–H and O–H groups in total. The summed E-state index contributed by atoms with van der Waals surface area (Å²) in [6, 6.07) is 10.5. The summed E-state index contributed by atoms with van der Waals surface area (Å²) < 4.78 is 3.90. The molecule has 1 aromatic carbocycles. The van der Waals surface area contributed by atoms with E-state index >= 15 is 0 Å². The maximum absolute atomic E-state index is 9.93. The Morgan fingerprint density at radius 2 is 1.97 bits per heavy atom. The van der Waals surface area contributed by atoms with E-state index in [4.69, 9.17) is 10.1 Å². The summed E-state index contributed by atoms with van der Waals surface area (Å²) in [5.74, 6) is 1.84. The van der Waals surface area contributed by atoms with Crippen molar-refractivity contribution in [3.05, 3.63) is 76.8 Å². The normalized spacial score (nSPS) is 15.8. The number of aliphatic hydroxyl groups excluding tert-OH is 1. The van der Waals surface area contributed by atoms with Crippen molar-refractivity contribution in [2.45, 2.75) is 52.7 Å². The molecule has 0 saturated carbocycles. The van der Waals surface area contributed by atoms with Crippen molar-refractivity contribution in [1.29, 1.82) is 0 Å². The van der Waals surface area contributed by atoms with E-state index < -0.39 is 0 Å². The highest BCUT2D eigenvalue weighted by Crippen LogP contribution is 2.35. The van der Waals surface area contributed by atoms with Gasteiger partial charge in [0.15, 0.2) is 5.82 Å². The Kier molecular flexibility index (Phi) is 4.90. The number of aromatic nitrogens is 6. The van der Waals surface area contributed by atoms with Gasteiger partial charge in [-0.2, -0.15) is 0 Å². The van der Waals surface area contributed by atoms with Crippen molar-refractivity contribution in [2.75, 3.05) is 0 Å². The van der Waals surface area contributed by atoms with Crippen LogP contribution >= 0.6 is 0 Å². The van der Waals surface area contributed by atoms with Gasteiger partial charge in [-0.05, 0) is 56.9 Å². The maximum Gasteiger partial charge on any atom is 0.200 e. The number of nitrogens with zero attached hydrogens (tertiary/aromatic N) is 6. The number of pyridine rings is 1. The third-order valence-electron chi connectivity index (χ3n) is 6.00. The van der Waals surface area contributed by atoms with E-state index in [0.717, 1.165) is 36.6 Å². The van der Waals surface area contributed by atoms with Crippen LogP contribution in [0, 0.1) is 20.8 Å². The first-order chi connectivity index (χ1) is 15.0. The lowest BCUT2D eigenvalue weighted by Gasteiger charge is -2.24. The molecule has 0 bridgehead atoms. The lowest BCUT2D eigenvalue weighted by atomic mass is 9.87. The van der Waals surface area contributed by atoms with Crippen LogP contribution in [0.4, 0.5) is 0 Å². The number of aliphatic hydroxyl groups is 1. The lowest BCUT2D eigenvalue weighted by Crippen LogP contribution is -2.18. The molecular weight excluding hydrogens is 388 g/mol. The third-order valence-corrected chi connectivity index (χ3v) is 6.00. The minimum absolute atomic E-state index is 0.168. The van der Waals surface area contributed by atoms with Crippen LogP contribution < -0.4 is 0 Å². The van der Waals surface area contributed by atoms with E-state index in [1.54, 1.807) is 6.33 Å². The molecule has 0 aliphatic carbocycles. The highest BCUT2D eigenvalue weighted by atomic mass is 16.3. The maximum atomic E-state index is 9.93. The number of rotatable bonds is 4. The Labute approximate surface area is 181 Å². The van der Waals surface area contributed by atoms with Gasteiger partial charge in [0.05, 0.1) is 30.0 Å². The Bertz CT molecular complexity index is 1250. The molecule has 0 fully saturated rings. The first kappa shape index (κ1) is 19.6. The van der Waals surface area contributed by atoms with Crippen LogP contribution in [0.3, 0.4) is 0 Å². The van der Waals surface area contributed by atoms with Crippen molar-refractivity contribution < 1.29 is 5.11 Å². The van der Waals surface area contributed by atoms with Crippen molar-refractivity contribution in [2.24, 2.45) is 0 Å². The molecule has 158 valence electrons. The molecule has 1 unspecified atom stereocenters. The average molecular weight is 415 g/mol. The predicted molar refractivity (Wildman–Crippen MR) is 118 cm³/mol. The van der Waals surface area contributed by atoms with E-state index in [1.807, 2.05) is 34.5 Å². The highest BCUT2D eigenvalue weighted by Gasteiger charge is 2.27. The smallest absolute Gasteiger partial charge is 0.200 e. The van der Waals surface area contributed by atoms with Crippen LogP contribution in [0.1, 0.15) is 52.7 Å². The van der Waals surface area contributed by atoms with Crippen molar-refractivity contribution in [1.82, 2.24) is 29.3 Å². The zero-order chi connectivity index (χ0) is 21.5. The molecule has 3 aromatic heterocycles. The van der Waals surface area contributed by atoms with Crippen LogP contribution in [0.2, 0.25) is 0 Å². The monoisotopic (exact) mass is 414 g/mol. The summed E-state index contributed by atoms with van der Waals surface area (Å²) in [7, 11) is 0. The van der Waals surface area contributed by atoms with Crippen molar-refractivity contribution in [3.8, 4) is 17.2 Å². The SMILES string of the molecule is Cc1ccc(C)c(C2CCCn3nc(-c4ccc(-n5cnc(C)c5)c(CO)n4)nc32)c1. The topological polar surface area (TPSA) is 81.7 Å². The minimum Gasteiger partial charge on any atom is -0.390 e. The zero-order valence-corrected chi connectivity index (χ0v) is 18.1. The Balaban J connectivity index is 1.54. The predicted octanol–water partition coefficient (Wildman–Crippen LogP) is 3.87. The van der Waals surface area contributed by atoms with Gasteiger partial charge in [0.1, 0.15) is 11.5 Å². The summed E-state index contributed by atoms with van der Waals surface area (Å²) in [6.45, 7) is 6.92. The van der Waals surface area contributed by atoms with E-state index in [1.165, 1.54) is 16.7 Å². The molecule has 0 radical (unpaired) electrons. The van der Waals surface area contributed by atoms with Crippen LogP contribution in [-0.4, -0.2) is 34.4 Å². The molecular formula is C24H26N6O. The van der Waals surface area contributed by atoms with Gasteiger partial charge in [0.25, 0.3) is 0 Å². The molecule has 0 amide bonds. The number of hydrogen-bond donors (Lipinski definition) is 1. The van der Waals surface area contributed by atoms with E-state index in [0.29, 0.717) is 17.2 Å². The molecule has 0 saturated heterocycles. The molecule has 31 heavy (non-hydrogen) atoms. The quantitative estimate of drug-likeness (QED) is 0.548. The standard InChI is InChI=1S/C24H26N6O/c1-15-6-7-16(2)19(11-15)18-5-4-10-30-24(18)27-23(28-30)20-8-9-22(21(13-31)26-20)29-12-17(3)25-14-29/h6-9,11-12,14,18,31H,4-5,10,13H2,1-3H3. The van der Waals surface area contributed by atoms with Crippen LogP contribution in [0.25, 0.3) is 17.2 Å². The van der Waals surface area contributed by atoms with Gasteiger partial charge in [-0.15, -0.1) is 5.10 Å². The molecule has 4 heterocycles. The molecule has 1 atom stereocenters. The van der Waals surface area contributed by atoms with Gasteiger partial charge >= 0.3 is 0 Å². The Hall–Kier alpha value is -3.32. The number of imidazole rings is 1. The molecule has 1 aliphatic heterocycles. The van der Waals surface area contributed by atoms with Gasteiger partial charge < -0.3 is 9.67 Å². The first-order valence-corrected chi connectivity index (χ1v) is 10.7. The highest BCUT2D eigenvalue weighted by molar-refractivity contribution is 5.53. The van der Waals surface area contributed by atoms with Crippen molar-refractivity contribution >= 4 is 0 Å². The number of hydrogen-bond acceptors (Lipinski definition) is 5. The fourth-order valence-corrected chi connectivity index (χ4v) is 4.41. The summed E-state index contributed by atoms with van der Waals surface area (Å²) >= 11 is 0. The van der Waals surface area contributed by atoms with Crippen LogP contribution in [0.5, 0.6) is 0 Å². The summed E-state index contributed by atoms with van der Waals surface area (Å²) in [5, 5.41) is 14.7. The van der Waals surface area contributed by atoms with Gasteiger partial charge in [0, 0.05) is 18.7 Å². The minimum atomic E-state index is -0.168. The fourth-order valence-electron chi connectivity index (χ4n) is 4.41. The molecule has 7 nitrogen and oxygen atoms in total. The largest absolute Gasteiger partial charge is 0.390 e. The van der Waals surface area contributed by atoms with Crippen LogP contribution in [-0.2, 0) is 13.2 Å². The van der Waals surface area contributed by atoms with Gasteiger partial charge in [-0.1, -0.05) is 23.8 Å². The average Bonchev–Trinajstić information content (AvgIpc) is 3.41. The van der Waals surface area contributed by atoms with Gasteiger partial charge in [0.2, 0.25) is 0 Å². The third kappa shape index (κ3) is 3.55. The Morgan fingerprint density at radius 3 is 2.74 bits per heavy atom. The van der Waals surface area contributed by atoms with Crippen molar-refractivity contribution in [3.63, 3.8) is 0 Å². The van der Waals surface area contributed by atoms with E-state index in [2.05, 4.69) is 42.0 Å². The second-order valence-electron chi connectivity index (χ2n) is 8.31. The second-order valence-corrected chi connectivity index (χ2v) is 8.31. The molecule has 1 aliphatic rings. The summed E-state index contributed by atoms with van der Waals surface area (Å²) in [6.07, 6.45) is 5.78. The molecule has 4 aromatic rings. The molecule has 7 heteroatoms. The second kappa shape index (κ2) is 7.74. The fraction of sp³-hybridized carbons (Fsp3) is 0.333. The van der Waals surface area contributed by atoms with E-state index in [9.17, 15) is 5.11 Å². The first-order valence-electron chi connectivity index (χ1n) is 10.7. The Morgan fingerprint density at radius 1 is 1.10 bits per heavy atom. The number of fused-ring (bicyclic) bond motifs is 1. The summed E-state index contributed by atoms with van der Waals surface area (Å²) in [4.78, 5) is 13.9. The lowest BCUT2D eigenvalue weighted by molar-refractivity contribution is 0.276. The number of benzene rings is 1. The summed E-state index contributed by atoms with van der Waals surface area (Å²) in [5.41, 5.74) is 6.85. The molecule has 0 spiro atoms. The van der Waals surface area contributed by atoms with Gasteiger partial charge in [-0.25, -0.2) is 19.6 Å². The van der Waals surface area contributed by atoms with E-state index in [-0.39, 0.29) is 12.5 Å². The molecule has 5 rings (SSSR count).